The molecule has 0 nitrogen and oxygen atoms in total. The highest BCUT2D eigenvalue weighted by molar-refractivity contribution is 9.09. The SMILES string of the molecule is CC(Br)CC(C)Cc1ccc(Cl)cc1F. The van der Waals surface area contributed by atoms with Gasteiger partial charge in [0.25, 0.3) is 0 Å². The number of hydrogen-bond acceptors (Lipinski definition) is 0. The smallest absolute Gasteiger partial charge is 0.127 e. The Kier molecular flexibility index (Phi) is 5.07. The maximum Gasteiger partial charge on any atom is 0.127 e. The molecular weight excluding hydrogens is 278 g/mol. The fourth-order valence-electron chi connectivity index (χ4n) is 1.70. The Labute approximate surface area is 104 Å². The van der Waals surface area contributed by atoms with Crippen LogP contribution in [0.4, 0.5) is 4.39 Å². The summed E-state index contributed by atoms with van der Waals surface area (Å²) >= 11 is 9.19. The zero-order valence-electron chi connectivity index (χ0n) is 8.93. The van der Waals surface area contributed by atoms with E-state index in [4.69, 9.17) is 11.6 Å². The molecule has 0 amide bonds. The molecule has 15 heavy (non-hydrogen) atoms. The number of hydrogen-bond donors (Lipinski definition) is 0. The molecule has 1 aromatic carbocycles. The van der Waals surface area contributed by atoms with Crippen LogP contribution in [0.2, 0.25) is 5.02 Å². The summed E-state index contributed by atoms with van der Waals surface area (Å²) in [4.78, 5) is 0.475. The molecule has 2 unspecified atom stereocenters. The lowest BCUT2D eigenvalue weighted by Crippen LogP contribution is -2.06. The van der Waals surface area contributed by atoms with Crippen molar-refractivity contribution in [2.45, 2.75) is 31.5 Å². The van der Waals surface area contributed by atoms with E-state index < -0.39 is 0 Å². The van der Waals surface area contributed by atoms with Gasteiger partial charge in [-0.2, -0.15) is 0 Å². The highest BCUT2D eigenvalue weighted by Gasteiger charge is 2.10. The minimum atomic E-state index is -0.198. The fraction of sp³-hybridized carbons (Fsp3) is 0.500. The molecule has 0 spiro atoms. The summed E-state index contributed by atoms with van der Waals surface area (Å²) in [6.45, 7) is 4.24. The summed E-state index contributed by atoms with van der Waals surface area (Å²) in [5.74, 6) is 0.270. The van der Waals surface area contributed by atoms with Crippen molar-refractivity contribution in [2.24, 2.45) is 5.92 Å². The van der Waals surface area contributed by atoms with Gasteiger partial charge in [0, 0.05) is 9.85 Å². The molecule has 0 bridgehead atoms. The largest absolute Gasteiger partial charge is 0.207 e. The molecule has 0 saturated heterocycles. The van der Waals surface area contributed by atoms with Gasteiger partial charge in [0.1, 0.15) is 5.82 Å². The Morgan fingerprint density at radius 2 is 2.07 bits per heavy atom. The summed E-state index contributed by atoms with van der Waals surface area (Å²) in [6.07, 6.45) is 1.81. The summed E-state index contributed by atoms with van der Waals surface area (Å²) in [5, 5.41) is 0.456. The van der Waals surface area contributed by atoms with Crippen molar-refractivity contribution in [1.82, 2.24) is 0 Å². The minimum Gasteiger partial charge on any atom is -0.207 e. The highest BCUT2D eigenvalue weighted by Crippen LogP contribution is 2.21. The van der Waals surface area contributed by atoms with Gasteiger partial charge >= 0.3 is 0 Å². The van der Waals surface area contributed by atoms with Gasteiger partial charge in [-0.25, -0.2) is 4.39 Å². The van der Waals surface area contributed by atoms with Crippen LogP contribution in [0.5, 0.6) is 0 Å². The molecular formula is C12H15BrClF. The van der Waals surface area contributed by atoms with Crippen LogP contribution >= 0.6 is 27.5 Å². The van der Waals surface area contributed by atoms with Gasteiger partial charge in [0.2, 0.25) is 0 Å². The first-order valence-corrected chi connectivity index (χ1v) is 6.36. The monoisotopic (exact) mass is 292 g/mol. The topological polar surface area (TPSA) is 0 Å². The van der Waals surface area contributed by atoms with E-state index >= 15 is 0 Å². The molecule has 0 N–H and O–H groups in total. The minimum absolute atomic E-state index is 0.198. The van der Waals surface area contributed by atoms with E-state index in [9.17, 15) is 4.39 Å². The first kappa shape index (κ1) is 13.0. The molecule has 0 aromatic heterocycles. The Hall–Kier alpha value is -0.0800. The first-order chi connectivity index (χ1) is 6.99. The summed E-state index contributed by atoms with van der Waals surface area (Å²) in [6, 6.07) is 4.89. The number of benzene rings is 1. The predicted molar refractivity (Wildman–Crippen MR) is 67.3 cm³/mol. The predicted octanol–water partition coefficient (Wildman–Crippen LogP) is 4.83. The van der Waals surface area contributed by atoms with Crippen LogP contribution in [-0.4, -0.2) is 4.83 Å². The maximum absolute atomic E-state index is 13.5. The Morgan fingerprint density at radius 3 is 2.60 bits per heavy atom. The van der Waals surface area contributed by atoms with Crippen LogP contribution in [0.3, 0.4) is 0 Å². The van der Waals surface area contributed by atoms with Crippen LogP contribution < -0.4 is 0 Å². The molecule has 0 radical (unpaired) electrons. The van der Waals surface area contributed by atoms with E-state index in [1.165, 1.54) is 6.07 Å². The van der Waals surface area contributed by atoms with Crippen molar-refractivity contribution in [3.63, 3.8) is 0 Å². The number of halogens is 3. The maximum atomic E-state index is 13.5. The molecule has 1 aromatic rings. The van der Waals surface area contributed by atoms with E-state index in [1.54, 1.807) is 12.1 Å². The molecule has 84 valence electrons. The Balaban J connectivity index is 2.64. The quantitative estimate of drug-likeness (QED) is 0.697. The lowest BCUT2D eigenvalue weighted by atomic mass is 9.97. The molecule has 0 aliphatic heterocycles. The van der Waals surface area contributed by atoms with Crippen molar-refractivity contribution in [1.29, 1.82) is 0 Å². The third-order valence-corrected chi connectivity index (χ3v) is 2.92. The van der Waals surface area contributed by atoms with Gasteiger partial charge in [-0.05, 0) is 36.5 Å². The molecule has 0 heterocycles. The zero-order valence-corrected chi connectivity index (χ0v) is 11.3. The van der Waals surface area contributed by atoms with Gasteiger partial charge in [0.05, 0.1) is 0 Å². The molecule has 3 heteroatoms. The second-order valence-electron chi connectivity index (χ2n) is 4.06. The highest BCUT2D eigenvalue weighted by atomic mass is 79.9. The molecule has 0 aliphatic rings. The molecule has 0 saturated carbocycles. The Bertz CT molecular complexity index is 325. The molecule has 2 atom stereocenters. The molecule has 0 fully saturated rings. The lowest BCUT2D eigenvalue weighted by Gasteiger charge is -2.13. The van der Waals surface area contributed by atoms with Gasteiger partial charge < -0.3 is 0 Å². The van der Waals surface area contributed by atoms with Crippen molar-refractivity contribution in [3.8, 4) is 0 Å². The van der Waals surface area contributed by atoms with Gasteiger partial charge in [-0.3, -0.25) is 0 Å². The van der Waals surface area contributed by atoms with E-state index in [2.05, 4.69) is 29.8 Å². The second kappa shape index (κ2) is 5.86. The van der Waals surface area contributed by atoms with Gasteiger partial charge in [-0.1, -0.05) is 47.4 Å². The average molecular weight is 294 g/mol. The van der Waals surface area contributed by atoms with Crippen molar-refractivity contribution >= 4 is 27.5 Å². The summed E-state index contributed by atoms with van der Waals surface area (Å²) < 4.78 is 13.5. The van der Waals surface area contributed by atoms with Crippen LogP contribution in [0.25, 0.3) is 0 Å². The van der Waals surface area contributed by atoms with Crippen LogP contribution in [0, 0.1) is 11.7 Å². The van der Waals surface area contributed by atoms with Crippen molar-refractivity contribution in [3.05, 3.63) is 34.6 Å². The van der Waals surface area contributed by atoms with Crippen LogP contribution in [-0.2, 0) is 6.42 Å². The van der Waals surface area contributed by atoms with E-state index in [0.717, 1.165) is 18.4 Å². The first-order valence-electron chi connectivity index (χ1n) is 5.07. The molecule has 0 aliphatic carbocycles. The van der Waals surface area contributed by atoms with E-state index in [1.807, 2.05) is 0 Å². The van der Waals surface area contributed by atoms with E-state index in [0.29, 0.717) is 15.8 Å². The van der Waals surface area contributed by atoms with E-state index in [-0.39, 0.29) is 5.82 Å². The standard InChI is InChI=1S/C12H15BrClF/c1-8(5-9(2)13)6-10-3-4-11(14)7-12(10)15/h3-4,7-9H,5-6H2,1-2H3. The third kappa shape index (κ3) is 4.52. The van der Waals surface area contributed by atoms with Gasteiger partial charge in [-0.15, -0.1) is 0 Å². The number of rotatable bonds is 4. The Morgan fingerprint density at radius 1 is 1.40 bits per heavy atom. The molecule has 1 rings (SSSR count). The third-order valence-electron chi connectivity index (χ3n) is 2.31. The van der Waals surface area contributed by atoms with Crippen molar-refractivity contribution in [2.75, 3.05) is 0 Å². The fourth-order valence-corrected chi connectivity index (χ4v) is 2.50. The summed E-state index contributed by atoms with van der Waals surface area (Å²) in [7, 11) is 0. The normalized spacial score (nSPS) is 15.0. The number of alkyl halides is 1. The zero-order chi connectivity index (χ0) is 11.4. The lowest BCUT2D eigenvalue weighted by molar-refractivity contribution is 0.512. The average Bonchev–Trinajstić information content (AvgIpc) is 2.08. The summed E-state index contributed by atoms with van der Waals surface area (Å²) in [5.41, 5.74) is 0.750. The van der Waals surface area contributed by atoms with Crippen LogP contribution in [0.1, 0.15) is 25.8 Å². The second-order valence-corrected chi connectivity index (χ2v) is 6.06. The van der Waals surface area contributed by atoms with Gasteiger partial charge in [0.15, 0.2) is 0 Å². The van der Waals surface area contributed by atoms with Crippen molar-refractivity contribution < 1.29 is 4.39 Å². The van der Waals surface area contributed by atoms with Crippen LogP contribution in [0.15, 0.2) is 18.2 Å².